The Labute approximate surface area is 80.5 Å². The summed E-state index contributed by atoms with van der Waals surface area (Å²) in [6.07, 6.45) is 0.854. The zero-order valence-electron chi connectivity index (χ0n) is 9.05. The number of aliphatic imine (C=N–C) groups is 1. The van der Waals surface area contributed by atoms with E-state index in [2.05, 4.69) is 31.2 Å². The van der Waals surface area contributed by atoms with Crippen LogP contribution in [0.15, 0.2) is 4.99 Å². The van der Waals surface area contributed by atoms with Gasteiger partial charge in [0.05, 0.1) is 13.2 Å². The number of ether oxygens (including phenoxy) is 1. The van der Waals surface area contributed by atoms with Crippen LogP contribution in [0.3, 0.4) is 0 Å². The van der Waals surface area contributed by atoms with Crippen LogP contribution in [-0.2, 0) is 4.74 Å². The minimum absolute atomic E-state index is 0.207. The molecule has 0 aromatic carbocycles. The van der Waals surface area contributed by atoms with Crippen molar-refractivity contribution in [1.82, 2.24) is 5.43 Å². The van der Waals surface area contributed by atoms with Crippen LogP contribution in [0.25, 0.3) is 0 Å². The minimum atomic E-state index is 0.207. The van der Waals surface area contributed by atoms with Crippen molar-refractivity contribution in [2.45, 2.75) is 27.2 Å². The zero-order chi connectivity index (χ0) is 10.3. The molecule has 0 heterocycles. The van der Waals surface area contributed by atoms with Crippen LogP contribution in [0, 0.1) is 5.41 Å². The molecule has 0 aliphatic rings. The average Bonchev–Trinajstić information content (AvgIpc) is 2.01. The fourth-order valence-electron chi connectivity index (χ4n) is 0.927. The van der Waals surface area contributed by atoms with Gasteiger partial charge in [0.15, 0.2) is 0 Å². The Morgan fingerprint density at radius 2 is 2.08 bits per heavy atom. The molecule has 78 valence electrons. The lowest BCUT2D eigenvalue weighted by atomic mass is 9.92. The van der Waals surface area contributed by atoms with Crippen molar-refractivity contribution in [2.24, 2.45) is 16.3 Å². The first kappa shape index (κ1) is 12.4. The Morgan fingerprint density at radius 3 is 2.46 bits per heavy atom. The molecular formula is C9H21N3O. The summed E-state index contributed by atoms with van der Waals surface area (Å²) in [5.41, 5.74) is 2.82. The van der Waals surface area contributed by atoms with E-state index in [1.54, 1.807) is 7.11 Å². The highest BCUT2D eigenvalue weighted by Gasteiger charge is 2.13. The number of amidine groups is 1. The van der Waals surface area contributed by atoms with E-state index in [0.717, 1.165) is 12.3 Å². The molecule has 0 atom stereocenters. The molecule has 4 nitrogen and oxygen atoms in total. The highest BCUT2D eigenvalue weighted by molar-refractivity contribution is 5.82. The maximum Gasteiger partial charge on any atom is 0.111 e. The van der Waals surface area contributed by atoms with Crippen LogP contribution in [0.2, 0.25) is 0 Å². The van der Waals surface area contributed by atoms with Gasteiger partial charge in [-0.25, -0.2) is 5.84 Å². The molecule has 0 aliphatic carbocycles. The number of nitrogens with one attached hydrogen (secondary N) is 1. The molecule has 0 unspecified atom stereocenters. The standard InChI is InChI=1S/C9H21N3O/c1-9(2,3)7-8(12-10)11-5-6-13-4/h5-7,10H2,1-4H3,(H,11,12). The third kappa shape index (κ3) is 7.74. The summed E-state index contributed by atoms with van der Waals surface area (Å²) in [7, 11) is 1.66. The lowest BCUT2D eigenvalue weighted by Gasteiger charge is -2.18. The minimum Gasteiger partial charge on any atom is -0.383 e. The number of hydrazine groups is 1. The van der Waals surface area contributed by atoms with E-state index in [1.165, 1.54) is 0 Å². The number of hydrogen-bond donors (Lipinski definition) is 2. The van der Waals surface area contributed by atoms with E-state index in [4.69, 9.17) is 10.6 Å². The summed E-state index contributed by atoms with van der Waals surface area (Å²) >= 11 is 0. The number of rotatable bonds is 4. The van der Waals surface area contributed by atoms with Gasteiger partial charge in [-0.15, -0.1) is 0 Å². The van der Waals surface area contributed by atoms with Crippen molar-refractivity contribution < 1.29 is 4.74 Å². The SMILES string of the molecule is COCCN=C(CC(C)(C)C)NN. The van der Waals surface area contributed by atoms with Crippen LogP contribution in [0.4, 0.5) is 0 Å². The summed E-state index contributed by atoms with van der Waals surface area (Å²) in [6, 6.07) is 0. The van der Waals surface area contributed by atoms with Gasteiger partial charge in [-0.3, -0.25) is 4.99 Å². The Balaban J connectivity index is 3.94. The summed E-state index contributed by atoms with van der Waals surface area (Å²) < 4.78 is 4.89. The van der Waals surface area contributed by atoms with Gasteiger partial charge in [-0.2, -0.15) is 0 Å². The maximum absolute atomic E-state index is 5.34. The van der Waals surface area contributed by atoms with E-state index in [9.17, 15) is 0 Å². The van der Waals surface area contributed by atoms with E-state index in [-0.39, 0.29) is 5.41 Å². The van der Waals surface area contributed by atoms with Crippen LogP contribution >= 0.6 is 0 Å². The molecule has 13 heavy (non-hydrogen) atoms. The zero-order valence-corrected chi connectivity index (χ0v) is 9.05. The van der Waals surface area contributed by atoms with Crippen molar-refractivity contribution >= 4 is 5.84 Å². The second-order valence-corrected chi connectivity index (χ2v) is 4.20. The van der Waals surface area contributed by atoms with Crippen LogP contribution in [0.5, 0.6) is 0 Å². The molecule has 0 saturated carbocycles. The maximum atomic E-state index is 5.34. The van der Waals surface area contributed by atoms with Gasteiger partial charge in [0.1, 0.15) is 5.84 Å². The van der Waals surface area contributed by atoms with Gasteiger partial charge >= 0.3 is 0 Å². The topological polar surface area (TPSA) is 59.6 Å². The monoisotopic (exact) mass is 187 g/mol. The highest BCUT2D eigenvalue weighted by atomic mass is 16.5. The molecule has 0 radical (unpaired) electrons. The Hall–Kier alpha value is -0.610. The van der Waals surface area contributed by atoms with E-state index < -0.39 is 0 Å². The molecule has 0 amide bonds. The predicted octanol–water partition coefficient (Wildman–Crippen LogP) is 0.931. The smallest absolute Gasteiger partial charge is 0.111 e. The molecule has 0 bridgehead atoms. The molecule has 0 rings (SSSR count). The first-order valence-corrected chi connectivity index (χ1v) is 4.48. The van der Waals surface area contributed by atoms with E-state index >= 15 is 0 Å². The molecule has 4 heteroatoms. The largest absolute Gasteiger partial charge is 0.383 e. The predicted molar refractivity (Wildman–Crippen MR) is 55.6 cm³/mol. The molecule has 0 saturated heterocycles. The Bertz CT molecular complexity index is 161. The second-order valence-electron chi connectivity index (χ2n) is 4.20. The van der Waals surface area contributed by atoms with Gasteiger partial charge in [0, 0.05) is 13.5 Å². The van der Waals surface area contributed by atoms with Crippen molar-refractivity contribution in [3.8, 4) is 0 Å². The number of nitrogens with two attached hydrogens (primary N) is 1. The molecule has 0 aromatic heterocycles. The van der Waals surface area contributed by atoms with E-state index in [1.807, 2.05) is 0 Å². The summed E-state index contributed by atoms with van der Waals surface area (Å²) in [5.74, 6) is 6.18. The first-order valence-electron chi connectivity index (χ1n) is 4.48. The van der Waals surface area contributed by atoms with Crippen molar-refractivity contribution in [1.29, 1.82) is 0 Å². The lowest BCUT2D eigenvalue weighted by molar-refractivity contribution is 0.207. The summed E-state index contributed by atoms with van der Waals surface area (Å²) in [6.45, 7) is 7.74. The summed E-state index contributed by atoms with van der Waals surface area (Å²) in [4.78, 5) is 4.27. The molecule has 3 N–H and O–H groups in total. The number of nitrogens with zero attached hydrogens (tertiary/aromatic N) is 1. The van der Waals surface area contributed by atoms with Gasteiger partial charge in [-0.1, -0.05) is 20.8 Å². The highest BCUT2D eigenvalue weighted by Crippen LogP contribution is 2.18. The normalized spacial score (nSPS) is 13.2. The number of hydrogen-bond acceptors (Lipinski definition) is 3. The van der Waals surface area contributed by atoms with Crippen LogP contribution in [-0.4, -0.2) is 26.1 Å². The van der Waals surface area contributed by atoms with Gasteiger partial charge in [0.2, 0.25) is 0 Å². The fourth-order valence-corrected chi connectivity index (χ4v) is 0.927. The van der Waals surface area contributed by atoms with Gasteiger partial charge < -0.3 is 10.2 Å². The van der Waals surface area contributed by atoms with Crippen LogP contribution in [0.1, 0.15) is 27.2 Å². The van der Waals surface area contributed by atoms with E-state index in [0.29, 0.717) is 13.2 Å². The molecule has 0 fully saturated rings. The third-order valence-electron chi connectivity index (χ3n) is 1.46. The van der Waals surface area contributed by atoms with Crippen molar-refractivity contribution in [3.05, 3.63) is 0 Å². The molecule has 0 aliphatic heterocycles. The third-order valence-corrected chi connectivity index (χ3v) is 1.46. The fraction of sp³-hybridized carbons (Fsp3) is 0.889. The Morgan fingerprint density at radius 1 is 1.46 bits per heavy atom. The molecule has 0 aromatic rings. The number of methoxy groups -OCH3 is 1. The van der Waals surface area contributed by atoms with Crippen LogP contribution < -0.4 is 11.3 Å². The summed E-state index contributed by atoms with van der Waals surface area (Å²) in [5, 5.41) is 0. The lowest BCUT2D eigenvalue weighted by Crippen LogP contribution is -2.33. The van der Waals surface area contributed by atoms with Gasteiger partial charge in [-0.05, 0) is 5.41 Å². The first-order chi connectivity index (χ1) is 5.99. The second kappa shape index (κ2) is 5.94. The van der Waals surface area contributed by atoms with Gasteiger partial charge in [0.25, 0.3) is 0 Å². The molecular weight excluding hydrogens is 166 g/mol. The Kier molecular flexibility index (Phi) is 5.66. The average molecular weight is 187 g/mol. The quantitative estimate of drug-likeness (QED) is 0.226. The van der Waals surface area contributed by atoms with Crippen molar-refractivity contribution in [2.75, 3.05) is 20.3 Å². The van der Waals surface area contributed by atoms with Crippen molar-refractivity contribution in [3.63, 3.8) is 0 Å². The molecule has 0 spiro atoms.